The Hall–Kier alpha value is -2.40. The number of methoxy groups -OCH3 is 1. The molecule has 1 aliphatic carbocycles. The Morgan fingerprint density at radius 2 is 1.87 bits per heavy atom. The van der Waals surface area contributed by atoms with Crippen LogP contribution >= 0.6 is 0 Å². The zero-order chi connectivity index (χ0) is 20.8. The maximum Gasteiger partial charge on any atom is 0.227 e. The van der Waals surface area contributed by atoms with Crippen LogP contribution in [0.1, 0.15) is 36.9 Å². The van der Waals surface area contributed by atoms with Gasteiger partial charge in [-0.2, -0.15) is 0 Å². The molecule has 1 saturated heterocycles. The van der Waals surface area contributed by atoms with Gasteiger partial charge >= 0.3 is 0 Å². The summed E-state index contributed by atoms with van der Waals surface area (Å²) in [5.74, 6) is 1.46. The monoisotopic (exact) mass is 407 g/mol. The average molecular weight is 408 g/mol. The number of ether oxygens (including phenoxy) is 1. The predicted molar refractivity (Wildman–Crippen MR) is 119 cm³/mol. The van der Waals surface area contributed by atoms with Crippen molar-refractivity contribution in [1.29, 1.82) is 0 Å². The molecule has 160 valence electrons. The Morgan fingerprint density at radius 1 is 1.07 bits per heavy atom. The largest absolute Gasteiger partial charge is 0.497 e. The molecule has 0 unspecified atom stereocenters. The van der Waals surface area contributed by atoms with Crippen LogP contribution in [-0.2, 0) is 17.6 Å². The summed E-state index contributed by atoms with van der Waals surface area (Å²) in [6.45, 7) is 3.68. The Morgan fingerprint density at radius 3 is 2.57 bits per heavy atom. The molecule has 0 bridgehead atoms. The van der Waals surface area contributed by atoms with Crippen molar-refractivity contribution < 1.29 is 9.53 Å². The van der Waals surface area contributed by atoms with Gasteiger partial charge in [-0.05, 0) is 55.0 Å². The van der Waals surface area contributed by atoms with Crippen LogP contribution < -0.4 is 4.74 Å². The van der Waals surface area contributed by atoms with Gasteiger partial charge < -0.3 is 9.64 Å². The molecule has 4 rings (SSSR count). The Bertz CT molecular complexity index is 803. The van der Waals surface area contributed by atoms with Crippen molar-refractivity contribution in [2.75, 3.05) is 33.3 Å². The second-order valence-corrected chi connectivity index (χ2v) is 8.69. The van der Waals surface area contributed by atoms with Gasteiger partial charge in [-0.1, -0.05) is 31.0 Å². The molecule has 2 heterocycles. The molecule has 0 radical (unpaired) electrons. The first-order valence-corrected chi connectivity index (χ1v) is 11.3. The lowest BCUT2D eigenvalue weighted by Gasteiger charge is -2.29. The van der Waals surface area contributed by atoms with E-state index in [2.05, 4.69) is 26.9 Å². The number of aromatic nitrogens is 1. The van der Waals surface area contributed by atoms with Crippen molar-refractivity contribution in [3.8, 4) is 5.75 Å². The van der Waals surface area contributed by atoms with Crippen molar-refractivity contribution in [2.45, 2.75) is 44.6 Å². The lowest BCUT2D eigenvalue weighted by molar-refractivity contribution is -0.130. The Kier molecular flexibility index (Phi) is 7.00. The first-order chi connectivity index (χ1) is 14.7. The minimum absolute atomic E-state index is 0.222. The van der Waals surface area contributed by atoms with Crippen LogP contribution in [0.15, 0.2) is 48.7 Å². The molecule has 2 fully saturated rings. The van der Waals surface area contributed by atoms with Crippen LogP contribution in [0.25, 0.3) is 0 Å². The lowest BCUT2D eigenvalue weighted by Crippen LogP contribution is -2.39. The second kappa shape index (κ2) is 10.1. The number of benzene rings is 1. The molecule has 1 saturated carbocycles. The van der Waals surface area contributed by atoms with E-state index in [1.807, 2.05) is 36.5 Å². The van der Waals surface area contributed by atoms with E-state index in [0.717, 1.165) is 49.6 Å². The van der Waals surface area contributed by atoms with Crippen molar-refractivity contribution in [1.82, 2.24) is 14.8 Å². The summed E-state index contributed by atoms with van der Waals surface area (Å²) in [6, 6.07) is 14.6. The highest BCUT2D eigenvalue weighted by molar-refractivity contribution is 5.78. The van der Waals surface area contributed by atoms with E-state index in [4.69, 9.17) is 4.74 Å². The van der Waals surface area contributed by atoms with E-state index in [1.165, 1.54) is 25.7 Å². The minimum Gasteiger partial charge on any atom is -0.497 e. The third kappa shape index (κ3) is 5.39. The summed E-state index contributed by atoms with van der Waals surface area (Å²) in [7, 11) is 1.66. The van der Waals surface area contributed by atoms with Gasteiger partial charge in [0.05, 0.1) is 13.5 Å². The van der Waals surface area contributed by atoms with Gasteiger partial charge in [0.1, 0.15) is 5.75 Å². The van der Waals surface area contributed by atoms with Gasteiger partial charge in [-0.15, -0.1) is 0 Å². The van der Waals surface area contributed by atoms with Crippen LogP contribution in [0.5, 0.6) is 5.75 Å². The molecule has 2 aliphatic rings. The van der Waals surface area contributed by atoms with Gasteiger partial charge in [0.25, 0.3) is 0 Å². The van der Waals surface area contributed by atoms with Gasteiger partial charge in [0.15, 0.2) is 0 Å². The third-order valence-corrected chi connectivity index (χ3v) is 6.56. The lowest BCUT2D eigenvalue weighted by atomic mass is 10.0. The zero-order valence-electron chi connectivity index (χ0n) is 18.0. The van der Waals surface area contributed by atoms with Gasteiger partial charge in [-0.3, -0.25) is 14.7 Å². The quantitative estimate of drug-likeness (QED) is 0.734. The SMILES string of the molecule is COc1ccc(CC(=O)N2CCN(C3CCCC3)C[C@@H](Cc3ccccn3)C2)cc1. The van der Waals surface area contributed by atoms with E-state index in [-0.39, 0.29) is 5.91 Å². The number of hydrogen-bond donors (Lipinski definition) is 0. The molecular weight excluding hydrogens is 374 g/mol. The molecule has 1 atom stereocenters. The molecule has 1 aliphatic heterocycles. The molecule has 5 heteroatoms. The molecule has 1 amide bonds. The van der Waals surface area contributed by atoms with E-state index in [9.17, 15) is 4.79 Å². The Balaban J connectivity index is 1.45. The topological polar surface area (TPSA) is 45.7 Å². The number of carbonyl (C=O) groups is 1. The van der Waals surface area contributed by atoms with Crippen LogP contribution in [-0.4, -0.2) is 60.0 Å². The van der Waals surface area contributed by atoms with Crippen molar-refractivity contribution in [3.63, 3.8) is 0 Å². The smallest absolute Gasteiger partial charge is 0.227 e. The highest BCUT2D eigenvalue weighted by Gasteiger charge is 2.30. The minimum atomic E-state index is 0.222. The highest BCUT2D eigenvalue weighted by Crippen LogP contribution is 2.26. The van der Waals surface area contributed by atoms with Crippen LogP contribution in [0, 0.1) is 5.92 Å². The fourth-order valence-corrected chi connectivity index (χ4v) is 4.93. The van der Waals surface area contributed by atoms with E-state index >= 15 is 0 Å². The maximum atomic E-state index is 13.2. The standard InChI is InChI=1S/C25H33N3O2/c1-30-24-11-9-20(10-12-24)17-25(29)28-15-14-27(23-7-2-3-8-23)18-21(19-28)16-22-6-4-5-13-26-22/h4-6,9-13,21,23H,2-3,7-8,14-19H2,1H3/t21-/m1/s1. The fraction of sp³-hybridized carbons (Fsp3) is 0.520. The number of pyridine rings is 1. The molecule has 1 aromatic carbocycles. The number of rotatable bonds is 6. The average Bonchev–Trinajstić information content (AvgIpc) is 3.23. The normalized spacial score (nSPS) is 20.8. The summed E-state index contributed by atoms with van der Waals surface area (Å²) >= 11 is 0. The molecule has 30 heavy (non-hydrogen) atoms. The number of carbonyl (C=O) groups excluding carboxylic acids is 1. The molecule has 2 aromatic rings. The summed E-state index contributed by atoms with van der Waals surface area (Å²) in [4.78, 5) is 22.5. The van der Waals surface area contributed by atoms with Crippen molar-refractivity contribution in [2.24, 2.45) is 5.92 Å². The number of nitrogens with zero attached hydrogens (tertiary/aromatic N) is 3. The van der Waals surface area contributed by atoms with Crippen molar-refractivity contribution >= 4 is 5.91 Å². The molecule has 1 aromatic heterocycles. The van der Waals surface area contributed by atoms with Crippen LogP contribution in [0.3, 0.4) is 0 Å². The van der Waals surface area contributed by atoms with Crippen molar-refractivity contribution in [3.05, 3.63) is 59.9 Å². The predicted octanol–water partition coefficient (Wildman–Crippen LogP) is 3.58. The van der Waals surface area contributed by atoms with E-state index in [0.29, 0.717) is 18.4 Å². The summed E-state index contributed by atoms with van der Waals surface area (Å²) in [5.41, 5.74) is 2.16. The molecule has 0 N–H and O–H groups in total. The van der Waals surface area contributed by atoms with E-state index in [1.54, 1.807) is 7.11 Å². The third-order valence-electron chi connectivity index (χ3n) is 6.56. The summed E-state index contributed by atoms with van der Waals surface area (Å²) in [6.07, 6.45) is 8.53. The Labute approximate surface area is 180 Å². The number of hydrogen-bond acceptors (Lipinski definition) is 4. The van der Waals surface area contributed by atoms with E-state index < -0.39 is 0 Å². The zero-order valence-corrected chi connectivity index (χ0v) is 18.0. The van der Waals surface area contributed by atoms with Gasteiger partial charge in [0.2, 0.25) is 5.91 Å². The summed E-state index contributed by atoms with van der Waals surface area (Å²) < 4.78 is 5.23. The molecule has 0 spiro atoms. The first kappa shape index (κ1) is 20.9. The van der Waals surface area contributed by atoms with Gasteiger partial charge in [0, 0.05) is 44.1 Å². The molecular formula is C25H33N3O2. The highest BCUT2D eigenvalue weighted by atomic mass is 16.5. The molecule has 5 nitrogen and oxygen atoms in total. The second-order valence-electron chi connectivity index (χ2n) is 8.69. The number of amides is 1. The van der Waals surface area contributed by atoms with Crippen LogP contribution in [0.4, 0.5) is 0 Å². The summed E-state index contributed by atoms with van der Waals surface area (Å²) in [5, 5.41) is 0. The van der Waals surface area contributed by atoms with Gasteiger partial charge in [-0.25, -0.2) is 0 Å². The maximum absolute atomic E-state index is 13.2. The first-order valence-electron chi connectivity index (χ1n) is 11.3. The van der Waals surface area contributed by atoms with Crippen LogP contribution in [0.2, 0.25) is 0 Å². The fourth-order valence-electron chi connectivity index (χ4n) is 4.93.